The molecule has 2 aliphatic rings. The number of carbonyl (C=O) groups excluding carboxylic acids is 1. The summed E-state index contributed by atoms with van der Waals surface area (Å²) in [5.41, 5.74) is 0.455. The first-order valence-electron chi connectivity index (χ1n) is 9.28. The summed E-state index contributed by atoms with van der Waals surface area (Å²) < 4.78 is 45.5. The van der Waals surface area contributed by atoms with Crippen molar-refractivity contribution in [3.63, 3.8) is 0 Å². The van der Waals surface area contributed by atoms with Gasteiger partial charge in [0.15, 0.2) is 0 Å². The van der Waals surface area contributed by atoms with Crippen LogP contribution in [-0.2, 0) is 14.8 Å². The van der Waals surface area contributed by atoms with E-state index in [1.165, 1.54) is 21.3 Å². The second-order valence-electron chi connectivity index (χ2n) is 8.28. The molecule has 0 aliphatic carbocycles. The summed E-state index contributed by atoms with van der Waals surface area (Å²) in [5.74, 6) is -0.0185. The third kappa shape index (κ3) is 4.60. The zero-order valence-electron chi connectivity index (χ0n) is 16.0. The van der Waals surface area contributed by atoms with Crippen LogP contribution in [-0.4, -0.2) is 60.7 Å². The van der Waals surface area contributed by atoms with Crippen molar-refractivity contribution in [3.05, 3.63) is 35.6 Å². The van der Waals surface area contributed by atoms with Crippen LogP contribution in [0, 0.1) is 5.82 Å². The Morgan fingerprint density at radius 3 is 2.19 bits per heavy atom. The topological polar surface area (TPSA) is 66.9 Å². The second-order valence-corrected chi connectivity index (χ2v) is 10.5. The van der Waals surface area contributed by atoms with Gasteiger partial charge in [0.1, 0.15) is 16.7 Å². The Kier molecular flexibility index (Phi) is 5.49. The lowest BCUT2D eigenvalue weighted by molar-refractivity contribution is 0.0135. The summed E-state index contributed by atoms with van der Waals surface area (Å²) in [6.07, 6.45) is 0.963. The minimum atomic E-state index is -3.42. The standard InChI is InChI=1S/C19H27FN2O4S/c1-19(2,3)26-18(23)21-12-17(13-21)27(24,25)22-10-8-15(9-11-22)14-4-6-16(20)7-5-14/h4-7,15,17H,8-13H2,1-3H3. The monoisotopic (exact) mass is 398 g/mol. The third-order valence-electron chi connectivity index (χ3n) is 5.08. The Hall–Kier alpha value is -1.67. The number of ether oxygens (including phenoxy) is 1. The number of likely N-dealkylation sites (tertiary alicyclic amines) is 1. The molecule has 0 atom stereocenters. The summed E-state index contributed by atoms with van der Waals surface area (Å²) in [6, 6.07) is 6.43. The van der Waals surface area contributed by atoms with E-state index in [9.17, 15) is 17.6 Å². The van der Waals surface area contributed by atoms with Gasteiger partial charge in [-0.2, -0.15) is 0 Å². The molecule has 0 spiro atoms. The fraction of sp³-hybridized carbons (Fsp3) is 0.632. The number of benzene rings is 1. The fourth-order valence-electron chi connectivity index (χ4n) is 3.49. The van der Waals surface area contributed by atoms with Gasteiger partial charge in [-0.05, 0) is 57.2 Å². The van der Waals surface area contributed by atoms with E-state index in [1.807, 2.05) is 0 Å². The molecule has 8 heteroatoms. The van der Waals surface area contributed by atoms with Crippen molar-refractivity contribution >= 4 is 16.1 Å². The van der Waals surface area contributed by atoms with E-state index < -0.39 is 27.0 Å². The highest BCUT2D eigenvalue weighted by molar-refractivity contribution is 7.89. The molecule has 150 valence electrons. The van der Waals surface area contributed by atoms with Crippen LogP contribution in [0.3, 0.4) is 0 Å². The van der Waals surface area contributed by atoms with Gasteiger partial charge in [-0.3, -0.25) is 0 Å². The molecule has 27 heavy (non-hydrogen) atoms. The Bertz CT molecular complexity index is 775. The van der Waals surface area contributed by atoms with Crippen LogP contribution < -0.4 is 0 Å². The summed E-state index contributed by atoms with van der Waals surface area (Å²) in [4.78, 5) is 13.4. The van der Waals surface area contributed by atoms with E-state index in [2.05, 4.69) is 0 Å². The molecular weight excluding hydrogens is 371 g/mol. The first-order valence-corrected chi connectivity index (χ1v) is 10.8. The number of halogens is 1. The Labute approximate surface area is 160 Å². The lowest BCUT2D eigenvalue weighted by Crippen LogP contribution is -2.61. The lowest BCUT2D eigenvalue weighted by Gasteiger charge is -2.42. The number of nitrogens with zero attached hydrogens (tertiary/aromatic N) is 2. The molecule has 2 heterocycles. The van der Waals surface area contributed by atoms with E-state index in [1.54, 1.807) is 32.9 Å². The quantitative estimate of drug-likeness (QED) is 0.785. The largest absolute Gasteiger partial charge is 0.444 e. The fourth-order valence-corrected chi connectivity index (χ4v) is 5.37. The van der Waals surface area contributed by atoms with Crippen LogP contribution in [0.25, 0.3) is 0 Å². The number of hydrogen-bond acceptors (Lipinski definition) is 4. The van der Waals surface area contributed by atoms with Crippen LogP contribution in [0.4, 0.5) is 9.18 Å². The van der Waals surface area contributed by atoms with Crippen LogP contribution in [0.5, 0.6) is 0 Å². The van der Waals surface area contributed by atoms with Crippen LogP contribution in [0.1, 0.15) is 45.1 Å². The van der Waals surface area contributed by atoms with Gasteiger partial charge in [0.05, 0.1) is 0 Å². The highest BCUT2D eigenvalue weighted by Gasteiger charge is 2.44. The van der Waals surface area contributed by atoms with Crippen molar-refractivity contribution < 1.29 is 22.3 Å². The third-order valence-corrected chi connectivity index (χ3v) is 7.30. The first kappa shape index (κ1) is 20.1. The van der Waals surface area contributed by atoms with Crippen molar-refractivity contribution in [2.75, 3.05) is 26.2 Å². The van der Waals surface area contributed by atoms with Crippen molar-refractivity contribution in [2.45, 2.75) is 50.4 Å². The molecule has 0 N–H and O–H groups in total. The Morgan fingerprint density at radius 2 is 1.67 bits per heavy atom. The average Bonchev–Trinajstić information content (AvgIpc) is 2.52. The van der Waals surface area contributed by atoms with Crippen LogP contribution in [0.15, 0.2) is 24.3 Å². The van der Waals surface area contributed by atoms with Crippen molar-refractivity contribution in [1.29, 1.82) is 0 Å². The second kappa shape index (κ2) is 7.39. The van der Waals surface area contributed by atoms with Crippen LogP contribution in [0.2, 0.25) is 0 Å². The molecule has 3 rings (SSSR count). The van der Waals surface area contributed by atoms with Crippen molar-refractivity contribution in [1.82, 2.24) is 9.21 Å². The van der Waals surface area contributed by atoms with Crippen molar-refractivity contribution in [2.24, 2.45) is 0 Å². The normalized spacial score (nSPS) is 20.4. The molecule has 0 saturated carbocycles. The molecule has 1 aromatic rings. The molecule has 2 fully saturated rings. The summed E-state index contributed by atoms with van der Waals surface area (Å²) in [7, 11) is -3.42. The maximum absolute atomic E-state index is 13.1. The predicted molar refractivity (Wildman–Crippen MR) is 100 cm³/mol. The number of sulfonamides is 1. The van der Waals surface area contributed by atoms with Gasteiger partial charge in [-0.15, -0.1) is 0 Å². The minimum absolute atomic E-state index is 0.176. The number of piperidine rings is 1. The van der Waals surface area contributed by atoms with Crippen molar-refractivity contribution in [3.8, 4) is 0 Å². The highest BCUT2D eigenvalue weighted by atomic mass is 32.2. The van der Waals surface area contributed by atoms with Gasteiger partial charge in [-0.25, -0.2) is 21.9 Å². The SMILES string of the molecule is CC(C)(C)OC(=O)N1CC(S(=O)(=O)N2CCC(c3ccc(F)cc3)CC2)C1. The summed E-state index contributed by atoms with van der Waals surface area (Å²) >= 11 is 0. The zero-order chi connectivity index (χ0) is 19.8. The molecular formula is C19H27FN2O4S. The van der Waals surface area contributed by atoms with Gasteiger partial charge >= 0.3 is 6.09 Å². The zero-order valence-corrected chi connectivity index (χ0v) is 16.8. The molecule has 0 aromatic heterocycles. The minimum Gasteiger partial charge on any atom is -0.444 e. The van der Waals surface area contributed by atoms with Gasteiger partial charge < -0.3 is 9.64 Å². The van der Waals surface area contributed by atoms with E-state index >= 15 is 0 Å². The van der Waals surface area contributed by atoms with Gasteiger partial charge in [0.2, 0.25) is 10.0 Å². The maximum atomic E-state index is 13.1. The average molecular weight is 399 g/mol. The molecule has 0 radical (unpaired) electrons. The van der Waals surface area contributed by atoms with Gasteiger partial charge in [-0.1, -0.05) is 12.1 Å². The highest BCUT2D eigenvalue weighted by Crippen LogP contribution is 2.31. The predicted octanol–water partition coefficient (Wildman–Crippen LogP) is 2.95. The van der Waals surface area contributed by atoms with Gasteiger partial charge in [0.25, 0.3) is 0 Å². The lowest BCUT2D eigenvalue weighted by atomic mass is 9.90. The summed E-state index contributed by atoms with van der Waals surface area (Å²) in [5, 5.41) is -0.563. The maximum Gasteiger partial charge on any atom is 0.410 e. The van der Waals surface area contributed by atoms with Gasteiger partial charge in [0, 0.05) is 26.2 Å². The molecule has 0 bridgehead atoms. The molecule has 1 amide bonds. The van der Waals surface area contributed by atoms with E-state index in [0.29, 0.717) is 25.9 Å². The molecule has 0 unspecified atom stereocenters. The number of hydrogen-bond donors (Lipinski definition) is 0. The molecule has 2 aliphatic heterocycles. The number of carbonyl (C=O) groups is 1. The first-order chi connectivity index (χ1) is 12.6. The van der Waals surface area contributed by atoms with E-state index in [4.69, 9.17) is 4.74 Å². The van der Waals surface area contributed by atoms with Crippen LogP contribution >= 0.6 is 0 Å². The van der Waals surface area contributed by atoms with E-state index in [0.717, 1.165) is 5.56 Å². The smallest absolute Gasteiger partial charge is 0.410 e. The van der Waals surface area contributed by atoms with E-state index in [-0.39, 0.29) is 24.8 Å². The number of amides is 1. The molecule has 6 nitrogen and oxygen atoms in total. The Balaban J connectivity index is 1.52. The summed E-state index contributed by atoms with van der Waals surface area (Å²) in [6.45, 7) is 6.60. The Morgan fingerprint density at radius 1 is 1.11 bits per heavy atom. The number of rotatable bonds is 3. The molecule has 1 aromatic carbocycles. The molecule has 2 saturated heterocycles.